The quantitative estimate of drug-likeness (QED) is 0.0223. The van der Waals surface area contributed by atoms with Crippen LogP contribution in [0, 0.1) is 34.1 Å². The second-order valence-corrected chi connectivity index (χ2v) is 29.8. The standard InChI is InChI=1S/C29H34Cl2N4O4.C26H29Cl2N5O4.C23H27N5O4S/c1-5-38-29(37)25-26(21-17-19(2)7-10-24(21)32-27(25)39-16-6-11-33(3)4)34-12-14-35(15-13-34)28(36)20-8-9-22(30)23(31)18-20;1-17-5-8-22-19(15-17)23(24(33(35)36)25(29-22)37-14-4-9-30(2)3)31-10-12-32(13-11-31)26(34)18-6-7-20(27)21(28)16-18;1-25(2)10-6-15-32-22-21(28(30)31)20(17-7-3-4-8-18(17)24-22)26-11-13-27(14-12-26)23(29)19-9-5-16-33-19/h7-10,17-18H,5-6,11-16H2,1-4H3;5-8,15-16H,4,9-14H2,1-3H3;3-5,7-9,16H,6,10-15H2,1-2H3. The van der Waals surface area contributed by atoms with Gasteiger partial charge in [-0.25, -0.2) is 19.7 Å². The van der Waals surface area contributed by atoms with E-state index in [0.717, 1.165) is 60.2 Å². The Hall–Kier alpha value is -9.45. The molecule has 0 bridgehead atoms. The van der Waals surface area contributed by atoms with Gasteiger partial charge >= 0.3 is 17.3 Å². The molecule has 0 saturated carbocycles. The van der Waals surface area contributed by atoms with Crippen LogP contribution in [0.2, 0.25) is 20.1 Å². The van der Waals surface area contributed by atoms with Crippen LogP contribution in [-0.2, 0) is 4.74 Å². The largest absolute Gasteiger partial charge is 0.477 e. The fourth-order valence-corrected chi connectivity index (χ4v) is 14.3. The van der Waals surface area contributed by atoms with E-state index < -0.39 is 15.8 Å². The third-order valence-corrected chi connectivity index (χ3v) is 20.8. The highest BCUT2D eigenvalue weighted by Gasteiger charge is 2.37. The first kappa shape index (κ1) is 82.1. The van der Waals surface area contributed by atoms with Gasteiger partial charge in [-0.15, -0.1) is 11.3 Å². The molecule has 0 N–H and O–H groups in total. The highest BCUT2D eigenvalue weighted by Crippen LogP contribution is 2.45. The molecule has 0 radical (unpaired) electrons. The van der Waals surface area contributed by atoms with Crippen molar-refractivity contribution in [2.75, 3.05) is 182 Å². The van der Waals surface area contributed by atoms with Crippen LogP contribution in [0.5, 0.6) is 17.6 Å². The Morgan fingerprint density at radius 1 is 0.468 bits per heavy atom. The van der Waals surface area contributed by atoms with Gasteiger partial charge in [-0.05, 0) is 160 Å². The van der Waals surface area contributed by atoms with Gasteiger partial charge in [-0.1, -0.05) is 93.9 Å². The number of anilines is 3. The summed E-state index contributed by atoms with van der Waals surface area (Å²) in [5, 5.41) is 30.1. The number of nitro groups is 2. The molecule has 9 aromatic rings. The molecule has 3 amide bonds. The van der Waals surface area contributed by atoms with E-state index >= 15 is 0 Å². The van der Waals surface area contributed by atoms with Crippen LogP contribution < -0.4 is 28.9 Å². The average molecular weight is 1590 g/mol. The Labute approximate surface area is 657 Å². The van der Waals surface area contributed by atoms with Gasteiger partial charge < -0.3 is 63.0 Å². The molecular weight excluding hydrogens is 1500 g/mol. The number of esters is 1. The summed E-state index contributed by atoms with van der Waals surface area (Å²) in [4.78, 5) is 108. The lowest BCUT2D eigenvalue weighted by molar-refractivity contribution is -0.385. The molecule has 3 fully saturated rings. The molecular formula is C78H90Cl4N14O12S. The lowest BCUT2D eigenvalue weighted by Gasteiger charge is -2.37. The summed E-state index contributed by atoms with van der Waals surface area (Å²) in [6, 6.07) is 32.5. The minimum absolute atomic E-state index is 0.00338. The molecule has 3 saturated heterocycles. The van der Waals surface area contributed by atoms with Crippen molar-refractivity contribution in [1.29, 1.82) is 0 Å². The Balaban J connectivity index is 0.000000175. The van der Waals surface area contributed by atoms with Crippen molar-refractivity contribution < 1.29 is 48.0 Å². The number of halogens is 4. The number of hydrogen-bond acceptors (Lipinski definition) is 22. The number of nitrogens with zero attached hydrogens (tertiary/aromatic N) is 14. The second kappa shape index (κ2) is 38.3. The topological polar surface area (TPSA) is 259 Å². The predicted molar refractivity (Wildman–Crippen MR) is 432 cm³/mol. The van der Waals surface area contributed by atoms with Gasteiger partial charge in [0.25, 0.3) is 29.5 Å². The van der Waals surface area contributed by atoms with Gasteiger partial charge in [0.1, 0.15) is 16.9 Å². The summed E-state index contributed by atoms with van der Waals surface area (Å²) >= 11 is 25.7. The fraction of sp³-hybridized carbons (Fsp3) is 0.397. The van der Waals surface area contributed by atoms with E-state index in [1.165, 1.54) is 11.3 Å². The van der Waals surface area contributed by atoms with Crippen LogP contribution in [0.15, 0.2) is 115 Å². The van der Waals surface area contributed by atoms with E-state index in [9.17, 15) is 39.4 Å². The van der Waals surface area contributed by atoms with Crippen molar-refractivity contribution in [2.24, 2.45) is 0 Å². The summed E-state index contributed by atoms with van der Waals surface area (Å²) in [7, 11) is 11.9. The lowest BCUT2D eigenvalue weighted by atomic mass is 10.0. The molecule has 5 aromatic carbocycles. The van der Waals surface area contributed by atoms with Crippen molar-refractivity contribution in [3.05, 3.63) is 188 Å². The molecule has 3 aliphatic rings. The molecule has 4 aromatic heterocycles. The van der Waals surface area contributed by atoms with E-state index in [1.807, 2.05) is 154 Å². The van der Waals surface area contributed by atoms with Gasteiger partial charge in [0.15, 0.2) is 0 Å². The number of carbonyl (C=O) groups is 4. The Bertz CT molecular complexity index is 4750. The molecule has 31 heteroatoms. The number of pyridine rings is 3. The highest BCUT2D eigenvalue weighted by molar-refractivity contribution is 7.12. The van der Waals surface area contributed by atoms with E-state index in [1.54, 1.807) is 58.0 Å². The van der Waals surface area contributed by atoms with Crippen LogP contribution in [0.1, 0.15) is 78.1 Å². The molecule has 7 heterocycles. The minimum atomic E-state index is -0.472. The van der Waals surface area contributed by atoms with Crippen LogP contribution in [0.25, 0.3) is 32.7 Å². The number of rotatable bonds is 25. The number of ether oxygens (including phenoxy) is 4. The van der Waals surface area contributed by atoms with E-state index in [-0.39, 0.29) is 53.3 Å². The number of aryl methyl sites for hydroxylation is 2. The van der Waals surface area contributed by atoms with Crippen molar-refractivity contribution in [3.63, 3.8) is 0 Å². The van der Waals surface area contributed by atoms with Crippen molar-refractivity contribution in [3.8, 4) is 17.6 Å². The first-order chi connectivity index (χ1) is 52.3. The maximum Gasteiger partial charge on any atom is 0.354 e. The monoisotopic (exact) mass is 1590 g/mol. The van der Waals surface area contributed by atoms with Crippen molar-refractivity contribution in [1.82, 2.24) is 44.4 Å². The molecule has 26 nitrogen and oxygen atoms in total. The second-order valence-electron chi connectivity index (χ2n) is 27.3. The first-order valence-corrected chi connectivity index (χ1v) is 38.4. The summed E-state index contributed by atoms with van der Waals surface area (Å²) in [5.41, 5.74) is 6.75. The zero-order valence-electron chi connectivity index (χ0n) is 62.6. The summed E-state index contributed by atoms with van der Waals surface area (Å²) < 4.78 is 23.3. The van der Waals surface area contributed by atoms with Gasteiger partial charge in [-0.2, -0.15) is 0 Å². The van der Waals surface area contributed by atoms with E-state index in [4.69, 9.17) is 70.3 Å². The molecule has 12 rings (SSSR count). The number of fused-ring (bicyclic) bond motifs is 3. The highest BCUT2D eigenvalue weighted by atomic mass is 35.5. The molecule has 3 aliphatic heterocycles. The molecule has 0 spiro atoms. The van der Waals surface area contributed by atoms with Gasteiger partial charge in [0, 0.05) is 125 Å². The number of benzene rings is 5. The van der Waals surface area contributed by atoms with Crippen LogP contribution in [-0.4, -0.2) is 245 Å². The smallest absolute Gasteiger partial charge is 0.354 e. The number of thiophene rings is 1. The number of piperazine rings is 3. The molecule has 109 heavy (non-hydrogen) atoms. The summed E-state index contributed by atoms with van der Waals surface area (Å²) in [5.74, 6) is -0.405. The third kappa shape index (κ3) is 20.7. The van der Waals surface area contributed by atoms with E-state index in [2.05, 4.69) is 19.8 Å². The minimum Gasteiger partial charge on any atom is -0.477 e. The average Bonchev–Trinajstić information content (AvgIpc) is 0.873. The van der Waals surface area contributed by atoms with Crippen LogP contribution in [0.3, 0.4) is 0 Å². The number of amides is 3. The Kier molecular flexibility index (Phi) is 28.8. The Morgan fingerprint density at radius 2 is 0.862 bits per heavy atom. The molecule has 0 atom stereocenters. The summed E-state index contributed by atoms with van der Waals surface area (Å²) in [6.07, 6.45) is 2.23. The maximum atomic E-state index is 13.4. The maximum absolute atomic E-state index is 13.4. The molecule has 0 unspecified atom stereocenters. The SMILES string of the molecule is CCOC(=O)c1c(OCCCN(C)C)nc2ccc(C)cc2c1N1CCN(C(=O)c2ccc(Cl)c(Cl)c2)CC1.CN(C)CCCOc1nc2ccccc2c(N2CCN(C(=O)c3cccs3)CC2)c1[N+](=O)[O-].Cc1ccc2nc(OCCCN(C)C)c([N+](=O)[O-])c(N3CCN(C(=O)c4ccc(Cl)c(Cl)c4)CC3)c2c1. The van der Waals surface area contributed by atoms with Crippen molar-refractivity contribution in [2.45, 2.75) is 40.0 Å². The third-order valence-electron chi connectivity index (χ3n) is 18.5. The van der Waals surface area contributed by atoms with Gasteiger partial charge in [0.2, 0.25) is 5.88 Å². The number of carbonyl (C=O) groups excluding carboxylic acids is 4. The normalized spacial score (nSPS) is 13.9. The van der Waals surface area contributed by atoms with Crippen molar-refractivity contribution >= 4 is 143 Å². The number of hydrogen-bond donors (Lipinski definition) is 0. The first-order valence-electron chi connectivity index (χ1n) is 36.0. The fourth-order valence-electron chi connectivity index (χ4n) is 13.0. The lowest BCUT2D eigenvalue weighted by Crippen LogP contribution is -2.49. The van der Waals surface area contributed by atoms with Gasteiger partial charge in [0.05, 0.1) is 83.5 Å². The number of para-hydroxylation sites is 1. The van der Waals surface area contributed by atoms with Crippen LogP contribution >= 0.6 is 57.7 Å². The molecule has 0 aliphatic carbocycles. The number of aromatic nitrogens is 3. The van der Waals surface area contributed by atoms with Crippen LogP contribution in [0.4, 0.5) is 28.4 Å². The zero-order chi connectivity index (χ0) is 78.2. The Morgan fingerprint density at radius 3 is 1.28 bits per heavy atom. The molecule has 578 valence electrons. The summed E-state index contributed by atoms with van der Waals surface area (Å²) in [6.45, 7) is 15.1. The van der Waals surface area contributed by atoms with E-state index in [0.29, 0.717) is 180 Å². The zero-order valence-corrected chi connectivity index (χ0v) is 66.4. The predicted octanol–water partition coefficient (Wildman–Crippen LogP) is 13.9. The van der Waals surface area contributed by atoms with Gasteiger partial charge in [-0.3, -0.25) is 34.6 Å².